The van der Waals surface area contributed by atoms with E-state index in [1.54, 1.807) is 6.07 Å². The maximum absolute atomic E-state index is 10.9. The average molecular weight is 232 g/mol. The summed E-state index contributed by atoms with van der Waals surface area (Å²) < 4.78 is 0. The van der Waals surface area contributed by atoms with Crippen molar-refractivity contribution in [2.75, 3.05) is 0 Å². The largest absolute Gasteiger partial charge is 0.508 e. The Morgan fingerprint density at radius 3 is 2.82 bits per heavy atom. The van der Waals surface area contributed by atoms with Crippen LogP contribution in [0.4, 0.5) is 0 Å². The molecule has 3 rings (SSSR count). The fourth-order valence-electron chi connectivity index (χ4n) is 3.44. The molecule has 1 atom stereocenters. The van der Waals surface area contributed by atoms with Crippen molar-refractivity contribution in [1.29, 1.82) is 0 Å². The molecule has 1 saturated carbocycles. The smallest absolute Gasteiger partial charge is 0.303 e. The molecule has 0 bridgehead atoms. The molecule has 0 heterocycles. The Morgan fingerprint density at radius 1 is 1.41 bits per heavy atom. The van der Waals surface area contributed by atoms with Gasteiger partial charge in [0.2, 0.25) is 0 Å². The molecular formula is C14H16O3. The van der Waals surface area contributed by atoms with Gasteiger partial charge in [-0.15, -0.1) is 0 Å². The lowest BCUT2D eigenvalue weighted by atomic mass is 9.71. The Balaban J connectivity index is 2.01. The summed E-state index contributed by atoms with van der Waals surface area (Å²) in [7, 11) is 0. The molecule has 1 aromatic carbocycles. The summed E-state index contributed by atoms with van der Waals surface area (Å²) in [6.07, 6.45) is 4.09. The Morgan fingerprint density at radius 2 is 2.18 bits per heavy atom. The van der Waals surface area contributed by atoms with E-state index in [4.69, 9.17) is 5.11 Å². The van der Waals surface area contributed by atoms with E-state index in [1.165, 1.54) is 5.56 Å². The molecule has 2 aliphatic carbocycles. The van der Waals surface area contributed by atoms with Gasteiger partial charge >= 0.3 is 5.97 Å². The van der Waals surface area contributed by atoms with Crippen LogP contribution in [0.15, 0.2) is 18.2 Å². The van der Waals surface area contributed by atoms with E-state index in [9.17, 15) is 9.90 Å². The second kappa shape index (κ2) is 3.49. The maximum atomic E-state index is 10.9. The molecule has 0 aliphatic heterocycles. The predicted molar refractivity (Wildman–Crippen MR) is 63.1 cm³/mol. The second-order valence-corrected chi connectivity index (χ2v) is 5.29. The molecule has 0 radical (unpaired) electrons. The van der Waals surface area contributed by atoms with Gasteiger partial charge in [0.15, 0.2) is 0 Å². The van der Waals surface area contributed by atoms with Crippen LogP contribution < -0.4 is 0 Å². The predicted octanol–water partition coefficient (Wildman–Crippen LogP) is 2.46. The number of hydrogen-bond acceptors (Lipinski definition) is 2. The Bertz CT molecular complexity index is 474. The van der Waals surface area contributed by atoms with Gasteiger partial charge < -0.3 is 10.2 Å². The Hall–Kier alpha value is -1.51. The third-order valence-corrected chi connectivity index (χ3v) is 4.42. The fourth-order valence-corrected chi connectivity index (χ4v) is 3.44. The number of aliphatic carboxylic acids is 1. The molecule has 0 saturated heterocycles. The van der Waals surface area contributed by atoms with E-state index in [0.717, 1.165) is 31.2 Å². The second-order valence-electron chi connectivity index (χ2n) is 5.29. The van der Waals surface area contributed by atoms with Crippen molar-refractivity contribution in [1.82, 2.24) is 0 Å². The molecule has 17 heavy (non-hydrogen) atoms. The van der Waals surface area contributed by atoms with Gasteiger partial charge in [-0.3, -0.25) is 4.79 Å². The van der Waals surface area contributed by atoms with Crippen LogP contribution in [0, 0.1) is 5.92 Å². The molecule has 90 valence electrons. The molecule has 0 aromatic heterocycles. The zero-order valence-corrected chi connectivity index (χ0v) is 9.65. The number of carbonyl (C=O) groups is 1. The molecule has 2 N–H and O–H groups in total. The number of carboxylic acid groups (broad SMARTS) is 1. The third-order valence-electron chi connectivity index (χ3n) is 4.42. The Kier molecular flexibility index (Phi) is 2.18. The van der Waals surface area contributed by atoms with Crippen molar-refractivity contribution in [2.45, 2.75) is 37.5 Å². The quantitative estimate of drug-likeness (QED) is 0.823. The molecule has 3 heteroatoms. The highest BCUT2D eigenvalue weighted by Crippen LogP contribution is 2.60. The number of rotatable bonds is 2. The number of benzene rings is 1. The molecule has 0 amide bonds. The first-order chi connectivity index (χ1) is 8.13. The third kappa shape index (κ3) is 1.53. The van der Waals surface area contributed by atoms with Crippen LogP contribution in [0.2, 0.25) is 0 Å². The lowest BCUT2D eigenvalue weighted by Crippen LogP contribution is -2.29. The van der Waals surface area contributed by atoms with E-state index >= 15 is 0 Å². The van der Waals surface area contributed by atoms with Gasteiger partial charge in [0.25, 0.3) is 0 Å². The van der Waals surface area contributed by atoms with Gasteiger partial charge in [0, 0.05) is 6.42 Å². The normalized spacial score (nSPS) is 24.4. The van der Waals surface area contributed by atoms with Crippen LogP contribution in [0.5, 0.6) is 5.75 Å². The van der Waals surface area contributed by atoms with E-state index in [2.05, 4.69) is 6.07 Å². The molecule has 1 unspecified atom stereocenters. The number of hydrogen-bond donors (Lipinski definition) is 2. The summed E-state index contributed by atoms with van der Waals surface area (Å²) in [5.74, 6) is -0.0817. The summed E-state index contributed by atoms with van der Waals surface area (Å²) in [5.41, 5.74) is 2.31. The number of phenolic OH excluding ortho intramolecular Hbond substituents is 1. The molecule has 2 aliphatic rings. The van der Waals surface area contributed by atoms with Gasteiger partial charge in [-0.25, -0.2) is 0 Å². The summed E-state index contributed by atoms with van der Waals surface area (Å²) in [4.78, 5) is 10.9. The summed E-state index contributed by atoms with van der Waals surface area (Å²) in [5, 5.41) is 18.8. The summed E-state index contributed by atoms with van der Waals surface area (Å²) in [6.45, 7) is 0. The van der Waals surface area contributed by atoms with Crippen molar-refractivity contribution in [3.8, 4) is 5.75 Å². The van der Waals surface area contributed by atoms with Crippen LogP contribution in [-0.4, -0.2) is 16.2 Å². The minimum atomic E-state index is -0.704. The van der Waals surface area contributed by atoms with E-state index in [0.29, 0.717) is 5.75 Å². The number of phenols is 1. The van der Waals surface area contributed by atoms with Gasteiger partial charge in [-0.05, 0) is 54.2 Å². The highest BCUT2D eigenvalue weighted by molar-refractivity contribution is 5.68. The van der Waals surface area contributed by atoms with Crippen molar-refractivity contribution in [3.63, 3.8) is 0 Å². The lowest BCUT2D eigenvalue weighted by Gasteiger charge is -2.33. The van der Waals surface area contributed by atoms with Crippen LogP contribution in [0.3, 0.4) is 0 Å². The van der Waals surface area contributed by atoms with Gasteiger partial charge in [0.05, 0.1) is 0 Å². The first-order valence-electron chi connectivity index (χ1n) is 6.16. The topological polar surface area (TPSA) is 57.5 Å². The van der Waals surface area contributed by atoms with Crippen molar-refractivity contribution in [2.24, 2.45) is 5.92 Å². The monoisotopic (exact) mass is 232 g/mol. The van der Waals surface area contributed by atoms with E-state index in [1.807, 2.05) is 6.07 Å². The summed E-state index contributed by atoms with van der Waals surface area (Å²) >= 11 is 0. The Labute approximate surface area is 100 Å². The van der Waals surface area contributed by atoms with Crippen LogP contribution in [-0.2, 0) is 16.6 Å². The maximum Gasteiger partial charge on any atom is 0.303 e. The van der Waals surface area contributed by atoms with E-state index in [-0.39, 0.29) is 17.8 Å². The highest BCUT2D eigenvalue weighted by Gasteiger charge is 2.53. The zero-order chi connectivity index (χ0) is 12.0. The van der Waals surface area contributed by atoms with Crippen molar-refractivity contribution in [3.05, 3.63) is 29.3 Å². The van der Waals surface area contributed by atoms with E-state index < -0.39 is 5.97 Å². The molecular weight excluding hydrogens is 216 g/mol. The molecule has 3 nitrogen and oxygen atoms in total. The van der Waals surface area contributed by atoms with Crippen LogP contribution >= 0.6 is 0 Å². The fraction of sp³-hybridized carbons (Fsp3) is 0.500. The lowest BCUT2D eigenvalue weighted by molar-refractivity contribution is -0.138. The molecule has 1 aromatic rings. The minimum Gasteiger partial charge on any atom is -0.508 e. The minimum absolute atomic E-state index is 0.0602. The zero-order valence-electron chi connectivity index (χ0n) is 9.65. The number of carboxylic acids is 1. The first-order valence-corrected chi connectivity index (χ1v) is 6.16. The molecule has 1 spiro atoms. The summed E-state index contributed by atoms with van der Waals surface area (Å²) in [6, 6.07) is 5.67. The average Bonchev–Trinajstić information content (AvgIpc) is 3.05. The number of fused-ring (bicyclic) bond motifs is 2. The van der Waals surface area contributed by atoms with Gasteiger partial charge in [-0.2, -0.15) is 0 Å². The van der Waals surface area contributed by atoms with Crippen molar-refractivity contribution >= 4 is 5.97 Å². The SMILES string of the molecule is O=C(O)CC1CCc2c(O)cccc2C12CC2. The van der Waals surface area contributed by atoms with Crippen LogP contribution in [0.1, 0.15) is 36.8 Å². The number of aromatic hydroxyl groups is 1. The van der Waals surface area contributed by atoms with Crippen LogP contribution in [0.25, 0.3) is 0 Å². The highest BCUT2D eigenvalue weighted by atomic mass is 16.4. The van der Waals surface area contributed by atoms with Gasteiger partial charge in [-0.1, -0.05) is 12.1 Å². The first kappa shape index (κ1) is 10.6. The van der Waals surface area contributed by atoms with Gasteiger partial charge in [0.1, 0.15) is 5.75 Å². The molecule has 1 fully saturated rings. The standard InChI is InChI=1S/C14H16O3/c15-12-3-1-2-11-10(12)5-4-9(8-13(16)17)14(11)6-7-14/h1-3,9,15H,4-8H2,(H,16,17). The van der Waals surface area contributed by atoms with Crippen molar-refractivity contribution < 1.29 is 15.0 Å².